The van der Waals surface area contributed by atoms with Crippen LogP contribution in [0.3, 0.4) is 0 Å². The number of hydrogen-bond donors (Lipinski definition) is 2. The van der Waals surface area contributed by atoms with Gasteiger partial charge < -0.3 is 20.7 Å². The molecule has 3 rings (SSSR count). The van der Waals surface area contributed by atoms with Crippen molar-refractivity contribution in [1.29, 1.82) is 0 Å². The molecule has 7 heteroatoms. The van der Waals surface area contributed by atoms with Crippen LogP contribution in [0.5, 0.6) is 5.75 Å². The summed E-state index contributed by atoms with van der Waals surface area (Å²) < 4.78 is 5.30. The van der Waals surface area contributed by atoms with E-state index in [1.165, 1.54) is 12.1 Å². The molecule has 1 saturated carbocycles. The third-order valence-electron chi connectivity index (χ3n) is 5.45. The number of anilines is 1. The molecular formula is C19H31Cl2N3O2. The van der Waals surface area contributed by atoms with Crippen LogP contribution in [0.4, 0.5) is 5.69 Å². The number of hydrogen-bond acceptors (Lipinski definition) is 4. The second-order valence-corrected chi connectivity index (χ2v) is 7.23. The molecule has 0 aromatic heterocycles. The van der Waals surface area contributed by atoms with Crippen LogP contribution in [0.2, 0.25) is 0 Å². The van der Waals surface area contributed by atoms with Gasteiger partial charge in [-0.05, 0) is 37.3 Å². The molecule has 2 fully saturated rings. The molecule has 1 amide bonds. The molecule has 5 nitrogen and oxygen atoms in total. The molecule has 1 aliphatic heterocycles. The minimum Gasteiger partial charge on any atom is -0.497 e. The lowest BCUT2D eigenvalue weighted by Crippen LogP contribution is -2.55. The quantitative estimate of drug-likeness (QED) is 0.791. The molecule has 0 radical (unpaired) electrons. The summed E-state index contributed by atoms with van der Waals surface area (Å²) in [7, 11) is 1.69. The molecule has 26 heavy (non-hydrogen) atoms. The number of amides is 1. The Bertz CT molecular complexity index is 580. The summed E-state index contributed by atoms with van der Waals surface area (Å²) in [6.07, 6.45) is 6.06. The van der Waals surface area contributed by atoms with Gasteiger partial charge in [-0.1, -0.05) is 25.3 Å². The Morgan fingerprint density at radius 1 is 1.31 bits per heavy atom. The monoisotopic (exact) mass is 403 g/mol. The molecule has 1 atom stereocenters. The molecule has 148 valence electrons. The first-order chi connectivity index (χ1) is 11.6. The first kappa shape index (κ1) is 22.9. The third kappa shape index (κ3) is 5.41. The summed E-state index contributed by atoms with van der Waals surface area (Å²) >= 11 is 0. The van der Waals surface area contributed by atoms with Crippen molar-refractivity contribution in [3.63, 3.8) is 0 Å². The summed E-state index contributed by atoms with van der Waals surface area (Å²) in [5.41, 5.74) is 6.85. The van der Waals surface area contributed by atoms with E-state index in [0.717, 1.165) is 57.5 Å². The summed E-state index contributed by atoms with van der Waals surface area (Å²) in [6, 6.07) is 8.16. The molecule has 1 aromatic rings. The smallest absolute Gasteiger partial charge is 0.240 e. The number of methoxy groups -OCH3 is 1. The molecule has 1 unspecified atom stereocenters. The lowest BCUT2D eigenvalue weighted by atomic mass is 9.82. The number of nitrogens with one attached hydrogen (secondary N) is 1. The van der Waals surface area contributed by atoms with Crippen LogP contribution < -0.4 is 20.7 Å². The molecule has 1 aromatic carbocycles. The van der Waals surface area contributed by atoms with Gasteiger partial charge in [0, 0.05) is 31.4 Å². The van der Waals surface area contributed by atoms with Crippen LogP contribution in [0.15, 0.2) is 24.3 Å². The maximum Gasteiger partial charge on any atom is 0.240 e. The van der Waals surface area contributed by atoms with Gasteiger partial charge in [-0.2, -0.15) is 0 Å². The van der Waals surface area contributed by atoms with Gasteiger partial charge in [-0.15, -0.1) is 24.8 Å². The van der Waals surface area contributed by atoms with E-state index in [9.17, 15) is 4.79 Å². The molecule has 2 aliphatic rings. The van der Waals surface area contributed by atoms with Gasteiger partial charge in [0.25, 0.3) is 0 Å². The standard InChI is InChI=1S/C19H29N3O2.2ClH/c1-24-17-7-5-6-16(12-17)22-11-8-15(14-22)13-21-18(23)19(20)9-3-2-4-10-19;;/h5-7,12,15H,2-4,8-11,13-14,20H2,1H3,(H,21,23);2*1H. The zero-order chi connectivity index (χ0) is 17.0. The van der Waals surface area contributed by atoms with Gasteiger partial charge >= 0.3 is 0 Å². The molecule has 0 spiro atoms. The highest BCUT2D eigenvalue weighted by Gasteiger charge is 2.35. The van der Waals surface area contributed by atoms with Crippen molar-refractivity contribution in [3.05, 3.63) is 24.3 Å². The highest BCUT2D eigenvalue weighted by Crippen LogP contribution is 2.28. The number of nitrogens with zero attached hydrogens (tertiary/aromatic N) is 1. The van der Waals surface area contributed by atoms with E-state index < -0.39 is 5.54 Å². The van der Waals surface area contributed by atoms with Gasteiger partial charge in [-0.3, -0.25) is 4.79 Å². The van der Waals surface area contributed by atoms with E-state index in [2.05, 4.69) is 22.3 Å². The lowest BCUT2D eigenvalue weighted by molar-refractivity contribution is -0.127. The average molecular weight is 404 g/mol. The summed E-state index contributed by atoms with van der Waals surface area (Å²) in [5, 5.41) is 3.11. The van der Waals surface area contributed by atoms with Crippen LogP contribution in [-0.4, -0.2) is 38.2 Å². The maximum absolute atomic E-state index is 12.4. The lowest BCUT2D eigenvalue weighted by Gasteiger charge is -2.32. The largest absolute Gasteiger partial charge is 0.497 e. The van der Waals surface area contributed by atoms with Crippen LogP contribution in [0.25, 0.3) is 0 Å². The summed E-state index contributed by atoms with van der Waals surface area (Å²) in [6.45, 7) is 2.70. The van der Waals surface area contributed by atoms with E-state index >= 15 is 0 Å². The summed E-state index contributed by atoms with van der Waals surface area (Å²) in [5.74, 6) is 1.40. The number of benzene rings is 1. The number of carbonyl (C=O) groups is 1. The highest BCUT2D eigenvalue weighted by atomic mass is 35.5. The Kier molecular flexibility index (Phi) is 9.01. The van der Waals surface area contributed by atoms with E-state index in [1.807, 2.05) is 12.1 Å². The normalized spacial score (nSPS) is 21.3. The van der Waals surface area contributed by atoms with Gasteiger partial charge in [0.1, 0.15) is 5.75 Å². The SMILES string of the molecule is COc1cccc(N2CCC(CNC(=O)C3(N)CCCCC3)C2)c1.Cl.Cl. The Balaban J connectivity index is 0.00000169. The molecule has 1 heterocycles. The second kappa shape index (κ2) is 10.2. The topological polar surface area (TPSA) is 67.6 Å². The van der Waals surface area contributed by atoms with Gasteiger partial charge in [0.2, 0.25) is 5.91 Å². The van der Waals surface area contributed by atoms with Crippen LogP contribution in [0, 0.1) is 5.92 Å². The number of rotatable bonds is 5. The van der Waals surface area contributed by atoms with E-state index in [0.29, 0.717) is 5.92 Å². The van der Waals surface area contributed by atoms with Crippen molar-refractivity contribution in [1.82, 2.24) is 5.32 Å². The number of ether oxygens (including phenoxy) is 1. The second-order valence-electron chi connectivity index (χ2n) is 7.23. The minimum atomic E-state index is -0.636. The van der Waals surface area contributed by atoms with Crippen molar-refractivity contribution in [2.45, 2.75) is 44.1 Å². The first-order valence-corrected chi connectivity index (χ1v) is 9.07. The van der Waals surface area contributed by atoms with Crippen molar-refractivity contribution < 1.29 is 9.53 Å². The number of nitrogens with two attached hydrogens (primary N) is 1. The highest BCUT2D eigenvalue weighted by molar-refractivity contribution is 5.86. The zero-order valence-corrected chi connectivity index (χ0v) is 17.0. The Morgan fingerprint density at radius 2 is 2.04 bits per heavy atom. The fourth-order valence-corrected chi connectivity index (χ4v) is 3.86. The van der Waals surface area contributed by atoms with Crippen molar-refractivity contribution in [2.75, 3.05) is 31.6 Å². The molecular weight excluding hydrogens is 373 g/mol. The van der Waals surface area contributed by atoms with Crippen molar-refractivity contribution >= 4 is 36.4 Å². The fraction of sp³-hybridized carbons (Fsp3) is 0.632. The predicted octanol–water partition coefficient (Wildman–Crippen LogP) is 3.14. The third-order valence-corrected chi connectivity index (χ3v) is 5.45. The zero-order valence-electron chi connectivity index (χ0n) is 15.4. The molecule has 1 aliphatic carbocycles. The Morgan fingerprint density at radius 3 is 2.73 bits per heavy atom. The van der Waals surface area contributed by atoms with Crippen LogP contribution in [0.1, 0.15) is 38.5 Å². The Hall–Kier alpha value is -1.17. The van der Waals surface area contributed by atoms with Gasteiger partial charge in [-0.25, -0.2) is 0 Å². The number of carbonyl (C=O) groups excluding carboxylic acids is 1. The Labute approximate surface area is 168 Å². The fourth-order valence-electron chi connectivity index (χ4n) is 3.86. The average Bonchev–Trinajstić information content (AvgIpc) is 3.09. The van der Waals surface area contributed by atoms with E-state index in [-0.39, 0.29) is 30.7 Å². The first-order valence-electron chi connectivity index (χ1n) is 9.07. The summed E-state index contributed by atoms with van der Waals surface area (Å²) in [4.78, 5) is 14.8. The van der Waals surface area contributed by atoms with Crippen molar-refractivity contribution in [2.24, 2.45) is 11.7 Å². The number of halogens is 2. The molecule has 0 bridgehead atoms. The van der Waals surface area contributed by atoms with Crippen molar-refractivity contribution in [3.8, 4) is 5.75 Å². The molecule has 1 saturated heterocycles. The van der Waals surface area contributed by atoms with Gasteiger partial charge in [0.15, 0.2) is 0 Å². The van der Waals surface area contributed by atoms with Crippen LogP contribution >= 0.6 is 24.8 Å². The predicted molar refractivity (Wildman–Crippen MR) is 111 cm³/mol. The minimum absolute atomic E-state index is 0. The van der Waals surface area contributed by atoms with Gasteiger partial charge in [0.05, 0.1) is 12.6 Å². The van der Waals surface area contributed by atoms with Crippen LogP contribution in [-0.2, 0) is 4.79 Å². The maximum atomic E-state index is 12.4. The van der Waals surface area contributed by atoms with E-state index in [4.69, 9.17) is 10.5 Å². The van der Waals surface area contributed by atoms with E-state index in [1.54, 1.807) is 7.11 Å². The molecule has 3 N–H and O–H groups in total.